The van der Waals surface area contributed by atoms with Gasteiger partial charge >= 0.3 is 0 Å². The van der Waals surface area contributed by atoms with Gasteiger partial charge in [-0.1, -0.05) is 0 Å². The third-order valence-corrected chi connectivity index (χ3v) is 7.77. The molecular formula is C19H31N5OS. The van der Waals surface area contributed by atoms with Crippen LogP contribution in [0.4, 0.5) is 5.95 Å². The molecule has 0 unspecified atom stereocenters. The van der Waals surface area contributed by atoms with Crippen molar-refractivity contribution in [3.8, 4) is 0 Å². The molecule has 4 fully saturated rings. The molecule has 0 spiro atoms. The van der Waals surface area contributed by atoms with Crippen LogP contribution in [0.2, 0.25) is 0 Å². The maximum Gasteiger partial charge on any atom is 0.227 e. The van der Waals surface area contributed by atoms with Crippen molar-refractivity contribution < 1.29 is 4.74 Å². The number of hydrogen-bond acceptors (Lipinski definition) is 6. The predicted octanol–water partition coefficient (Wildman–Crippen LogP) is 2.56. The second kappa shape index (κ2) is 7.32. The summed E-state index contributed by atoms with van der Waals surface area (Å²) in [6, 6.07) is 0.635. The molecule has 0 aromatic carbocycles. The molecule has 1 saturated carbocycles. The lowest BCUT2D eigenvalue weighted by Gasteiger charge is -2.35. The molecule has 7 heteroatoms. The maximum absolute atomic E-state index is 6.27. The minimum atomic E-state index is 0.0908. The molecule has 4 aliphatic rings. The molecule has 6 nitrogen and oxygen atoms in total. The molecule has 0 bridgehead atoms. The lowest BCUT2D eigenvalue weighted by molar-refractivity contribution is -0.0557. The van der Waals surface area contributed by atoms with Gasteiger partial charge in [0.1, 0.15) is 6.10 Å². The average Bonchev–Trinajstić information content (AvgIpc) is 3.21. The number of morpholine rings is 1. The number of aromatic nitrogens is 3. The van der Waals surface area contributed by atoms with Crippen molar-refractivity contribution in [3.63, 3.8) is 0 Å². The molecule has 1 aromatic rings. The Balaban J connectivity index is 1.36. The van der Waals surface area contributed by atoms with Crippen molar-refractivity contribution in [2.75, 3.05) is 43.9 Å². The standard InChI is InChI=1S/C19H31N5OS/c1-26-16-6-9-22(10-7-16)19-21-20-18(24(19)11-14-4-5-14)17-12-23-8-2-3-15(23)13-25-17/h14-17H,2-13H2,1H3/t15-,17+/m1/s1. The summed E-state index contributed by atoms with van der Waals surface area (Å²) in [6.45, 7) is 6.35. The Bertz CT molecular complexity index is 625. The van der Waals surface area contributed by atoms with Crippen LogP contribution in [0, 0.1) is 5.92 Å². The topological polar surface area (TPSA) is 46.4 Å². The largest absolute Gasteiger partial charge is 0.367 e. The van der Waals surface area contributed by atoms with Crippen molar-refractivity contribution in [1.29, 1.82) is 0 Å². The third kappa shape index (κ3) is 3.38. The van der Waals surface area contributed by atoms with Gasteiger partial charge in [0.15, 0.2) is 5.82 Å². The fraction of sp³-hybridized carbons (Fsp3) is 0.895. The first-order chi connectivity index (χ1) is 12.8. The van der Waals surface area contributed by atoms with Gasteiger partial charge in [-0.05, 0) is 57.2 Å². The van der Waals surface area contributed by atoms with E-state index in [2.05, 4.69) is 30.8 Å². The summed E-state index contributed by atoms with van der Waals surface area (Å²) in [6.07, 6.45) is 10.1. The molecule has 2 atom stereocenters. The second-order valence-electron chi connectivity index (χ2n) is 8.45. The molecular weight excluding hydrogens is 346 g/mol. The van der Waals surface area contributed by atoms with Gasteiger partial charge in [-0.3, -0.25) is 9.47 Å². The van der Waals surface area contributed by atoms with E-state index in [0.717, 1.165) is 55.7 Å². The average molecular weight is 378 g/mol. The van der Waals surface area contributed by atoms with Gasteiger partial charge in [-0.15, -0.1) is 10.2 Å². The number of piperidine rings is 1. The Hall–Kier alpha value is -0.790. The summed E-state index contributed by atoms with van der Waals surface area (Å²) in [5, 5.41) is 10.1. The van der Waals surface area contributed by atoms with Crippen LogP contribution in [-0.2, 0) is 11.3 Å². The van der Waals surface area contributed by atoms with Crippen LogP contribution in [0.1, 0.15) is 50.5 Å². The number of ether oxygens (including phenoxy) is 1. The molecule has 144 valence electrons. The highest BCUT2D eigenvalue weighted by molar-refractivity contribution is 7.99. The highest BCUT2D eigenvalue weighted by Crippen LogP contribution is 2.36. The Morgan fingerprint density at radius 2 is 1.92 bits per heavy atom. The normalized spacial score (nSPS) is 30.7. The molecule has 0 radical (unpaired) electrons. The van der Waals surface area contributed by atoms with Crippen molar-refractivity contribution in [1.82, 2.24) is 19.7 Å². The van der Waals surface area contributed by atoms with Gasteiger partial charge in [0.2, 0.25) is 5.95 Å². The number of hydrogen-bond donors (Lipinski definition) is 0. The van der Waals surface area contributed by atoms with Crippen LogP contribution < -0.4 is 4.90 Å². The van der Waals surface area contributed by atoms with Gasteiger partial charge in [0.05, 0.1) is 6.61 Å². The SMILES string of the molecule is CSC1CCN(c2nnc([C@@H]3CN4CCC[C@@H]4CO3)n2CC2CC2)CC1. The summed E-state index contributed by atoms with van der Waals surface area (Å²) in [5.41, 5.74) is 0. The van der Waals surface area contributed by atoms with E-state index in [1.54, 1.807) is 0 Å². The molecule has 0 N–H and O–H groups in total. The first-order valence-electron chi connectivity index (χ1n) is 10.4. The van der Waals surface area contributed by atoms with Crippen LogP contribution in [0.5, 0.6) is 0 Å². The first-order valence-corrected chi connectivity index (χ1v) is 11.7. The van der Waals surface area contributed by atoms with Crippen LogP contribution in [0.15, 0.2) is 0 Å². The van der Waals surface area contributed by atoms with Crippen LogP contribution in [0.25, 0.3) is 0 Å². The molecule has 3 aliphatic heterocycles. The monoisotopic (exact) mass is 377 g/mol. The lowest BCUT2D eigenvalue weighted by atomic mass is 10.1. The number of fused-ring (bicyclic) bond motifs is 1. The van der Waals surface area contributed by atoms with Crippen molar-refractivity contribution in [3.05, 3.63) is 5.82 Å². The molecule has 26 heavy (non-hydrogen) atoms. The van der Waals surface area contributed by atoms with Crippen molar-refractivity contribution >= 4 is 17.7 Å². The van der Waals surface area contributed by atoms with E-state index < -0.39 is 0 Å². The first kappa shape index (κ1) is 17.3. The lowest BCUT2D eigenvalue weighted by Crippen LogP contribution is -2.43. The zero-order chi connectivity index (χ0) is 17.5. The Labute approximate surface area is 160 Å². The van der Waals surface area contributed by atoms with Gasteiger partial charge in [-0.25, -0.2) is 0 Å². The van der Waals surface area contributed by atoms with Gasteiger partial charge in [0, 0.05) is 37.5 Å². The summed E-state index contributed by atoms with van der Waals surface area (Å²) in [7, 11) is 0. The minimum absolute atomic E-state index is 0.0908. The van der Waals surface area contributed by atoms with E-state index in [0.29, 0.717) is 6.04 Å². The zero-order valence-electron chi connectivity index (χ0n) is 15.8. The molecule has 1 aromatic heterocycles. The summed E-state index contributed by atoms with van der Waals surface area (Å²) in [5.74, 6) is 2.98. The molecule has 3 saturated heterocycles. The minimum Gasteiger partial charge on any atom is -0.367 e. The summed E-state index contributed by atoms with van der Waals surface area (Å²) in [4.78, 5) is 5.07. The van der Waals surface area contributed by atoms with E-state index in [1.165, 1.54) is 45.1 Å². The number of thioether (sulfide) groups is 1. The van der Waals surface area contributed by atoms with Crippen LogP contribution in [-0.4, -0.2) is 70.0 Å². The highest BCUT2D eigenvalue weighted by atomic mass is 32.2. The van der Waals surface area contributed by atoms with E-state index in [1.807, 2.05) is 11.8 Å². The molecule has 4 heterocycles. The van der Waals surface area contributed by atoms with Gasteiger partial charge in [0.25, 0.3) is 0 Å². The highest BCUT2D eigenvalue weighted by Gasteiger charge is 2.37. The van der Waals surface area contributed by atoms with E-state index in [4.69, 9.17) is 4.74 Å². The Kier molecular flexibility index (Phi) is 4.88. The summed E-state index contributed by atoms with van der Waals surface area (Å²) < 4.78 is 8.68. The smallest absolute Gasteiger partial charge is 0.227 e. The van der Waals surface area contributed by atoms with Gasteiger partial charge < -0.3 is 9.64 Å². The molecule has 5 rings (SSSR count). The van der Waals surface area contributed by atoms with Gasteiger partial charge in [-0.2, -0.15) is 11.8 Å². The number of nitrogens with zero attached hydrogens (tertiary/aromatic N) is 5. The van der Waals surface area contributed by atoms with Crippen molar-refractivity contribution in [2.24, 2.45) is 5.92 Å². The summed E-state index contributed by atoms with van der Waals surface area (Å²) >= 11 is 2.01. The van der Waals surface area contributed by atoms with Crippen molar-refractivity contribution in [2.45, 2.75) is 62.5 Å². The Morgan fingerprint density at radius 1 is 1.08 bits per heavy atom. The van der Waals surface area contributed by atoms with E-state index in [9.17, 15) is 0 Å². The maximum atomic E-state index is 6.27. The number of anilines is 1. The quantitative estimate of drug-likeness (QED) is 0.786. The zero-order valence-corrected chi connectivity index (χ0v) is 16.7. The Morgan fingerprint density at radius 3 is 2.69 bits per heavy atom. The van der Waals surface area contributed by atoms with Crippen LogP contribution >= 0.6 is 11.8 Å². The van der Waals surface area contributed by atoms with E-state index in [-0.39, 0.29) is 6.10 Å². The fourth-order valence-corrected chi connectivity index (χ4v) is 5.46. The predicted molar refractivity (Wildman–Crippen MR) is 105 cm³/mol. The van der Waals surface area contributed by atoms with E-state index >= 15 is 0 Å². The third-order valence-electron chi connectivity index (χ3n) is 6.63. The second-order valence-corrected chi connectivity index (χ2v) is 9.59. The van der Waals surface area contributed by atoms with Crippen LogP contribution in [0.3, 0.4) is 0 Å². The number of rotatable bonds is 5. The molecule has 0 amide bonds. The fourth-order valence-electron chi connectivity index (χ4n) is 4.78. The molecule has 1 aliphatic carbocycles.